The monoisotopic (exact) mass is 242 g/mol. The molecule has 0 fully saturated rings. The second-order valence-electron chi connectivity index (χ2n) is 4.53. The molecule has 1 unspecified atom stereocenters. The van der Waals surface area contributed by atoms with Crippen molar-refractivity contribution in [1.29, 1.82) is 0 Å². The van der Waals surface area contributed by atoms with Crippen LogP contribution in [-0.2, 0) is 5.60 Å². The van der Waals surface area contributed by atoms with Gasteiger partial charge in [-0.05, 0) is 30.5 Å². The number of hydrogen-bond acceptors (Lipinski definition) is 3. The highest BCUT2D eigenvalue weighted by Gasteiger charge is 2.31. The molecule has 0 spiro atoms. The Hall–Kier alpha value is -1.87. The molecule has 0 saturated heterocycles. The molecule has 3 nitrogen and oxygen atoms in total. The van der Waals surface area contributed by atoms with Gasteiger partial charge in [0.25, 0.3) is 0 Å². The summed E-state index contributed by atoms with van der Waals surface area (Å²) in [5.74, 6) is 0.383. The molecule has 94 valence electrons. The fourth-order valence-electron chi connectivity index (χ4n) is 2.17. The third kappa shape index (κ3) is 2.09. The van der Waals surface area contributed by atoms with Crippen molar-refractivity contribution in [2.24, 2.45) is 0 Å². The maximum absolute atomic E-state index is 10.9. The van der Waals surface area contributed by atoms with E-state index >= 15 is 0 Å². The van der Waals surface area contributed by atoms with Gasteiger partial charge in [0, 0.05) is 11.8 Å². The Morgan fingerprint density at radius 3 is 2.56 bits per heavy atom. The van der Waals surface area contributed by atoms with E-state index in [1.165, 1.54) is 0 Å². The summed E-state index contributed by atoms with van der Waals surface area (Å²) in [4.78, 5) is 4.14. The van der Waals surface area contributed by atoms with Gasteiger partial charge in [0.05, 0.1) is 0 Å². The van der Waals surface area contributed by atoms with Gasteiger partial charge < -0.3 is 10.8 Å². The topological polar surface area (TPSA) is 59.1 Å². The standard InChI is InChI=1S/C15H18N2O/c1-3-15(18,12-7-5-4-6-8-12)13-9-11(2)10-17-14(13)16/h4-10,18H,3H2,1-2H3,(H2,16,17). The normalized spacial score (nSPS) is 14.2. The minimum atomic E-state index is -1.08. The molecule has 2 aromatic rings. The molecule has 0 aliphatic carbocycles. The zero-order chi connectivity index (χ0) is 13.2. The fraction of sp³-hybridized carbons (Fsp3) is 0.267. The Balaban J connectivity index is 2.60. The first-order valence-corrected chi connectivity index (χ1v) is 6.08. The van der Waals surface area contributed by atoms with Crippen molar-refractivity contribution in [3.8, 4) is 0 Å². The number of nitrogens with zero attached hydrogens (tertiary/aromatic N) is 1. The number of anilines is 1. The number of aliphatic hydroxyl groups is 1. The van der Waals surface area contributed by atoms with E-state index in [-0.39, 0.29) is 0 Å². The lowest BCUT2D eigenvalue weighted by molar-refractivity contribution is 0.0769. The van der Waals surface area contributed by atoms with Gasteiger partial charge in [-0.25, -0.2) is 4.98 Å². The summed E-state index contributed by atoms with van der Waals surface area (Å²) in [6.45, 7) is 3.88. The zero-order valence-electron chi connectivity index (χ0n) is 10.7. The molecule has 0 aliphatic heterocycles. The molecule has 3 N–H and O–H groups in total. The number of nitrogen functional groups attached to an aromatic ring is 1. The predicted octanol–water partition coefficient (Wildman–Crippen LogP) is 2.62. The molecule has 18 heavy (non-hydrogen) atoms. The average molecular weight is 242 g/mol. The summed E-state index contributed by atoms with van der Waals surface area (Å²) in [5.41, 5.74) is 7.34. The van der Waals surface area contributed by atoms with Gasteiger partial charge >= 0.3 is 0 Å². The van der Waals surface area contributed by atoms with Crippen molar-refractivity contribution < 1.29 is 5.11 Å². The highest BCUT2D eigenvalue weighted by Crippen LogP contribution is 2.35. The number of hydrogen-bond donors (Lipinski definition) is 2. The predicted molar refractivity (Wildman–Crippen MR) is 73.1 cm³/mol. The van der Waals surface area contributed by atoms with Crippen LogP contribution in [0.1, 0.15) is 30.0 Å². The van der Waals surface area contributed by atoms with Crippen LogP contribution in [0, 0.1) is 6.92 Å². The van der Waals surface area contributed by atoms with Gasteiger partial charge in [-0.2, -0.15) is 0 Å². The maximum Gasteiger partial charge on any atom is 0.129 e. The van der Waals surface area contributed by atoms with E-state index in [2.05, 4.69) is 4.98 Å². The van der Waals surface area contributed by atoms with Crippen LogP contribution in [0.2, 0.25) is 0 Å². The van der Waals surface area contributed by atoms with Crippen LogP contribution < -0.4 is 5.73 Å². The third-order valence-electron chi connectivity index (χ3n) is 3.26. The van der Waals surface area contributed by atoms with Crippen LogP contribution in [0.4, 0.5) is 5.82 Å². The molecule has 0 amide bonds. The number of benzene rings is 1. The van der Waals surface area contributed by atoms with Crippen LogP contribution in [0.15, 0.2) is 42.6 Å². The van der Waals surface area contributed by atoms with Crippen LogP contribution in [0.3, 0.4) is 0 Å². The molecule has 1 heterocycles. The first kappa shape index (κ1) is 12.6. The summed E-state index contributed by atoms with van der Waals surface area (Å²) >= 11 is 0. The highest BCUT2D eigenvalue weighted by atomic mass is 16.3. The van der Waals surface area contributed by atoms with E-state index in [4.69, 9.17) is 5.73 Å². The number of pyridine rings is 1. The molecular weight excluding hydrogens is 224 g/mol. The van der Waals surface area contributed by atoms with Crippen molar-refractivity contribution in [3.63, 3.8) is 0 Å². The molecule has 0 saturated carbocycles. The quantitative estimate of drug-likeness (QED) is 0.869. The highest BCUT2D eigenvalue weighted by molar-refractivity contribution is 5.49. The Bertz CT molecular complexity index is 539. The first-order valence-electron chi connectivity index (χ1n) is 6.08. The van der Waals surface area contributed by atoms with Crippen LogP contribution in [-0.4, -0.2) is 10.1 Å². The van der Waals surface area contributed by atoms with Crippen molar-refractivity contribution in [1.82, 2.24) is 4.98 Å². The first-order chi connectivity index (χ1) is 8.58. The second kappa shape index (κ2) is 4.78. The molecule has 3 heteroatoms. The maximum atomic E-state index is 10.9. The van der Waals surface area contributed by atoms with Crippen molar-refractivity contribution in [2.45, 2.75) is 25.9 Å². The average Bonchev–Trinajstić information content (AvgIpc) is 2.41. The Labute approximate surface area is 107 Å². The summed E-state index contributed by atoms with van der Waals surface area (Å²) < 4.78 is 0. The smallest absolute Gasteiger partial charge is 0.129 e. The van der Waals surface area contributed by atoms with Gasteiger partial charge in [0.2, 0.25) is 0 Å². The Morgan fingerprint density at radius 1 is 1.28 bits per heavy atom. The second-order valence-corrected chi connectivity index (χ2v) is 4.53. The van der Waals surface area contributed by atoms with E-state index in [0.29, 0.717) is 17.8 Å². The van der Waals surface area contributed by atoms with Gasteiger partial charge in [-0.3, -0.25) is 0 Å². The summed E-state index contributed by atoms with van der Waals surface area (Å²) in [5, 5.41) is 10.9. The minimum absolute atomic E-state index is 0.383. The van der Waals surface area contributed by atoms with Crippen molar-refractivity contribution >= 4 is 5.82 Å². The molecule has 0 bridgehead atoms. The van der Waals surface area contributed by atoms with Crippen molar-refractivity contribution in [3.05, 3.63) is 59.3 Å². The summed E-state index contributed by atoms with van der Waals surface area (Å²) in [6.07, 6.45) is 2.26. The molecule has 1 aromatic carbocycles. The van der Waals surface area contributed by atoms with Gasteiger partial charge in [0.15, 0.2) is 0 Å². The van der Waals surface area contributed by atoms with E-state index in [0.717, 1.165) is 11.1 Å². The lowest BCUT2D eigenvalue weighted by Crippen LogP contribution is -2.28. The van der Waals surface area contributed by atoms with Gasteiger partial charge in [-0.15, -0.1) is 0 Å². The largest absolute Gasteiger partial charge is 0.383 e. The fourth-order valence-corrected chi connectivity index (χ4v) is 2.17. The third-order valence-corrected chi connectivity index (χ3v) is 3.26. The minimum Gasteiger partial charge on any atom is -0.383 e. The molecule has 0 radical (unpaired) electrons. The Kier molecular flexibility index (Phi) is 3.34. The number of aryl methyl sites for hydroxylation is 1. The van der Waals surface area contributed by atoms with Crippen LogP contribution in [0.25, 0.3) is 0 Å². The molecular formula is C15H18N2O. The molecule has 1 aromatic heterocycles. The summed E-state index contributed by atoms with van der Waals surface area (Å²) in [6, 6.07) is 11.5. The lowest BCUT2D eigenvalue weighted by Gasteiger charge is -2.29. The van der Waals surface area contributed by atoms with Crippen molar-refractivity contribution in [2.75, 3.05) is 5.73 Å². The van der Waals surface area contributed by atoms with E-state index in [9.17, 15) is 5.11 Å². The van der Waals surface area contributed by atoms with E-state index in [1.807, 2.05) is 50.2 Å². The molecule has 2 rings (SSSR count). The molecule has 0 aliphatic rings. The lowest BCUT2D eigenvalue weighted by atomic mass is 9.84. The van der Waals surface area contributed by atoms with Gasteiger partial charge in [-0.1, -0.05) is 37.3 Å². The SMILES string of the molecule is CCC(O)(c1ccccc1)c1cc(C)cnc1N. The summed E-state index contributed by atoms with van der Waals surface area (Å²) in [7, 11) is 0. The Morgan fingerprint density at radius 2 is 1.94 bits per heavy atom. The number of nitrogens with two attached hydrogens (primary N) is 1. The van der Waals surface area contributed by atoms with E-state index in [1.54, 1.807) is 6.20 Å². The van der Waals surface area contributed by atoms with Gasteiger partial charge in [0.1, 0.15) is 11.4 Å². The zero-order valence-corrected chi connectivity index (χ0v) is 10.7. The number of aromatic nitrogens is 1. The molecule has 1 atom stereocenters. The number of rotatable bonds is 3. The van der Waals surface area contributed by atoms with Crippen LogP contribution >= 0.6 is 0 Å². The van der Waals surface area contributed by atoms with E-state index < -0.39 is 5.60 Å². The van der Waals surface area contributed by atoms with Crippen LogP contribution in [0.5, 0.6) is 0 Å².